The molecule has 4 heteroatoms. The van der Waals surface area contributed by atoms with E-state index in [1.54, 1.807) is 6.07 Å². The van der Waals surface area contributed by atoms with Crippen molar-refractivity contribution in [2.45, 2.75) is 20.3 Å². The summed E-state index contributed by atoms with van der Waals surface area (Å²) < 4.78 is 0. The Kier molecular flexibility index (Phi) is 3.43. The fourth-order valence-corrected chi connectivity index (χ4v) is 2.56. The molecule has 1 fully saturated rings. The van der Waals surface area contributed by atoms with E-state index >= 15 is 0 Å². The molecule has 1 aliphatic rings. The zero-order valence-corrected chi connectivity index (χ0v) is 12.2. The van der Waals surface area contributed by atoms with Gasteiger partial charge in [0, 0.05) is 32.7 Å². The first-order chi connectivity index (χ1) is 8.80. The molecule has 4 nitrogen and oxygen atoms in total. The van der Waals surface area contributed by atoms with Crippen LogP contribution in [0.5, 0.6) is 0 Å². The van der Waals surface area contributed by atoms with Crippen LogP contribution >= 0.6 is 0 Å². The zero-order chi connectivity index (χ0) is 14.2. The van der Waals surface area contributed by atoms with Gasteiger partial charge < -0.3 is 15.5 Å². The van der Waals surface area contributed by atoms with Crippen LogP contribution in [0.4, 0.5) is 11.4 Å². The van der Waals surface area contributed by atoms with Crippen LogP contribution in [-0.4, -0.2) is 38.0 Å². The number of benzene rings is 1. The lowest BCUT2D eigenvalue weighted by Gasteiger charge is -2.21. The summed E-state index contributed by atoms with van der Waals surface area (Å²) in [7, 11) is 3.88. The number of rotatable bonds is 2. The summed E-state index contributed by atoms with van der Waals surface area (Å²) in [4.78, 5) is 16.3. The van der Waals surface area contributed by atoms with E-state index in [1.165, 1.54) is 0 Å². The van der Waals surface area contributed by atoms with Crippen molar-refractivity contribution in [1.82, 2.24) is 4.90 Å². The molecule has 0 bridgehead atoms. The lowest BCUT2D eigenvalue weighted by Crippen LogP contribution is -2.30. The molecule has 104 valence electrons. The van der Waals surface area contributed by atoms with E-state index in [0.29, 0.717) is 11.3 Å². The van der Waals surface area contributed by atoms with Crippen molar-refractivity contribution >= 4 is 17.3 Å². The maximum atomic E-state index is 12.4. The molecule has 1 amide bonds. The molecule has 1 saturated heterocycles. The molecular formula is C15H23N3O. The highest BCUT2D eigenvalue weighted by Gasteiger charge is 2.32. The number of amides is 1. The molecule has 0 unspecified atom stereocenters. The molecule has 19 heavy (non-hydrogen) atoms. The van der Waals surface area contributed by atoms with Crippen LogP contribution in [-0.2, 0) is 0 Å². The molecule has 0 aliphatic carbocycles. The van der Waals surface area contributed by atoms with Gasteiger partial charge in [0.15, 0.2) is 0 Å². The summed E-state index contributed by atoms with van der Waals surface area (Å²) in [6.45, 7) is 6.05. The third-order valence-electron chi connectivity index (χ3n) is 3.72. The first-order valence-corrected chi connectivity index (χ1v) is 6.66. The van der Waals surface area contributed by atoms with Gasteiger partial charge in [-0.05, 0) is 30.0 Å². The van der Waals surface area contributed by atoms with Gasteiger partial charge in [0.05, 0.1) is 11.4 Å². The van der Waals surface area contributed by atoms with Crippen molar-refractivity contribution in [2.75, 3.05) is 37.8 Å². The van der Waals surface area contributed by atoms with Crippen molar-refractivity contribution < 1.29 is 4.79 Å². The number of carbonyl (C=O) groups excluding carboxylic acids is 1. The molecule has 0 saturated carbocycles. The van der Waals surface area contributed by atoms with Gasteiger partial charge in [-0.2, -0.15) is 0 Å². The van der Waals surface area contributed by atoms with Crippen LogP contribution in [0.1, 0.15) is 30.6 Å². The highest BCUT2D eigenvalue weighted by atomic mass is 16.2. The summed E-state index contributed by atoms with van der Waals surface area (Å²) in [6, 6.07) is 5.55. The number of nitrogen functional groups attached to an aromatic ring is 1. The first-order valence-electron chi connectivity index (χ1n) is 6.66. The molecular weight excluding hydrogens is 238 g/mol. The molecule has 1 aromatic carbocycles. The second-order valence-electron chi connectivity index (χ2n) is 6.31. The number of nitrogens with two attached hydrogens (primary N) is 1. The second-order valence-corrected chi connectivity index (χ2v) is 6.31. The van der Waals surface area contributed by atoms with Crippen molar-refractivity contribution in [3.8, 4) is 0 Å². The number of hydrogen-bond acceptors (Lipinski definition) is 3. The van der Waals surface area contributed by atoms with Gasteiger partial charge in [0.2, 0.25) is 0 Å². The van der Waals surface area contributed by atoms with Crippen molar-refractivity contribution in [1.29, 1.82) is 0 Å². The Labute approximate surface area is 115 Å². The van der Waals surface area contributed by atoms with Crippen LogP contribution in [0.25, 0.3) is 0 Å². The zero-order valence-electron chi connectivity index (χ0n) is 12.2. The highest BCUT2D eigenvalue weighted by Crippen LogP contribution is 2.30. The number of hydrogen-bond donors (Lipinski definition) is 1. The maximum Gasteiger partial charge on any atom is 0.253 e. The Morgan fingerprint density at radius 2 is 2.05 bits per heavy atom. The molecule has 1 aliphatic heterocycles. The monoisotopic (exact) mass is 261 g/mol. The highest BCUT2D eigenvalue weighted by molar-refractivity contribution is 5.96. The van der Waals surface area contributed by atoms with Crippen LogP contribution in [0, 0.1) is 5.41 Å². The molecule has 0 spiro atoms. The van der Waals surface area contributed by atoms with E-state index in [9.17, 15) is 4.79 Å². The fraction of sp³-hybridized carbons (Fsp3) is 0.533. The smallest absolute Gasteiger partial charge is 0.253 e. The minimum absolute atomic E-state index is 0.0857. The van der Waals surface area contributed by atoms with E-state index < -0.39 is 0 Å². The Hall–Kier alpha value is -1.71. The van der Waals surface area contributed by atoms with Gasteiger partial charge >= 0.3 is 0 Å². The predicted molar refractivity (Wildman–Crippen MR) is 79.5 cm³/mol. The molecule has 2 N–H and O–H groups in total. The average molecular weight is 261 g/mol. The van der Waals surface area contributed by atoms with Gasteiger partial charge in [-0.15, -0.1) is 0 Å². The SMILES string of the molecule is CN(C)c1ccc(C(=O)N2CCC(C)(C)C2)cc1N. The number of anilines is 2. The Morgan fingerprint density at radius 3 is 2.53 bits per heavy atom. The predicted octanol–water partition coefficient (Wildman–Crippen LogP) is 2.21. The van der Waals surface area contributed by atoms with Crippen LogP contribution in [0.3, 0.4) is 0 Å². The maximum absolute atomic E-state index is 12.4. The normalized spacial score (nSPS) is 17.6. The summed E-state index contributed by atoms with van der Waals surface area (Å²) in [5.41, 5.74) is 8.50. The summed E-state index contributed by atoms with van der Waals surface area (Å²) in [6.07, 6.45) is 1.06. The van der Waals surface area contributed by atoms with E-state index in [1.807, 2.05) is 36.0 Å². The van der Waals surface area contributed by atoms with Crippen molar-refractivity contribution in [3.05, 3.63) is 23.8 Å². The van der Waals surface area contributed by atoms with E-state index in [-0.39, 0.29) is 11.3 Å². The average Bonchev–Trinajstić information content (AvgIpc) is 2.68. The minimum Gasteiger partial charge on any atom is -0.397 e. The van der Waals surface area contributed by atoms with Gasteiger partial charge in [-0.3, -0.25) is 4.79 Å². The Morgan fingerprint density at radius 1 is 1.37 bits per heavy atom. The van der Waals surface area contributed by atoms with Crippen LogP contribution in [0.2, 0.25) is 0 Å². The van der Waals surface area contributed by atoms with E-state index in [0.717, 1.165) is 25.2 Å². The lowest BCUT2D eigenvalue weighted by atomic mass is 9.93. The second kappa shape index (κ2) is 4.76. The van der Waals surface area contributed by atoms with Gasteiger partial charge in [0.1, 0.15) is 0 Å². The number of carbonyl (C=O) groups is 1. The Balaban J connectivity index is 2.19. The third kappa shape index (κ3) is 2.83. The van der Waals surface area contributed by atoms with Gasteiger partial charge in [-0.1, -0.05) is 13.8 Å². The minimum atomic E-state index is 0.0857. The topological polar surface area (TPSA) is 49.6 Å². The molecule has 0 atom stereocenters. The molecule has 1 aromatic rings. The molecule has 2 rings (SSSR count). The van der Waals surface area contributed by atoms with Crippen LogP contribution < -0.4 is 10.6 Å². The van der Waals surface area contributed by atoms with Crippen molar-refractivity contribution in [2.24, 2.45) is 5.41 Å². The quantitative estimate of drug-likeness (QED) is 0.830. The first kappa shape index (κ1) is 13.7. The van der Waals surface area contributed by atoms with Crippen LogP contribution in [0.15, 0.2) is 18.2 Å². The summed E-state index contributed by atoms with van der Waals surface area (Å²) in [5, 5.41) is 0. The lowest BCUT2D eigenvalue weighted by molar-refractivity contribution is 0.0778. The standard InChI is InChI=1S/C15H23N3O/c1-15(2)7-8-18(10-15)14(19)11-5-6-13(17(3)4)12(16)9-11/h5-6,9H,7-8,10,16H2,1-4H3. The van der Waals surface area contributed by atoms with E-state index in [2.05, 4.69) is 13.8 Å². The fourth-order valence-electron chi connectivity index (χ4n) is 2.56. The number of likely N-dealkylation sites (tertiary alicyclic amines) is 1. The van der Waals surface area contributed by atoms with Crippen molar-refractivity contribution in [3.63, 3.8) is 0 Å². The third-order valence-corrected chi connectivity index (χ3v) is 3.72. The summed E-state index contributed by atoms with van der Waals surface area (Å²) >= 11 is 0. The molecule has 1 heterocycles. The molecule has 0 radical (unpaired) electrons. The largest absolute Gasteiger partial charge is 0.397 e. The molecule has 0 aromatic heterocycles. The number of nitrogens with zero attached hydrogens (tertiary/aromatic N) is 2. The van der Waals surface area contributed by atoms with Gasteiger partial charge in [-0.25, -0.2) is 0 Å². The van der Waals surface area contributed by atoms with Gasteiger partial charge in [0.25, 0.3) is 5.91 Å². The van der Waals surface area contributed by atoms with E-state index in [4.69, 9.17) is 5.73 Å². The Bertz CT molecular complexity index is 494. The summed E-state index contributed by atoms with van der Waals surface area (Å²) in [5.74, 6) is 0.0857.